The largest absolute Gasteiger partial charge is 0.337 e. The van der Waals surface area contributed by atoms with Gasteiger partial charge in [-0.05, 0) is 23.8 Å². The van der Waals surface area contributed by atoms with Crippen molar-refractivity contribution in [2.45, 2.75) is 46.1 Å². The minimum absolute atomic E-state index is 0.136. The monoisotopic (exact) mass is 351 g/mol. The summed E-state index contributed by atoms with van der Waals surface area (Å²) in [5.74, 6) is 0.511. The lowest BCUT2D eigenvalue weighted by molar-refractivity contribution is -0.141. The predicted molar refractivity (Wildman–Crippen MR) is 91.4 cm³/mol. The maximum absolute atomic E-state index is 13.0. The molecule has 0 aliphatic heterocycles. The quantitative estimate of drug-likeness (QED) is 0.708. The number of rotatable bonds is 5. The molecule has 116 valence electrons. The first-order chi connectivity index (χ1) is 10.0. The van der Waals surface area contributed by atoms with Gasteiger partial charge in [-0.25, -0.2) is 0 Å². The Balaban J connectivity index is 2.11. The van der Waals surface area contributed by atoms with Crippen LogP contribution in [0.2, 0.25) is 0 Å². The molecular formula is C18H26BrNO. The number of benzene rings is 1. The molecule has 0 heterocycles. The van der Waals surface area contributed by atoms with Crippen LogP contribution < -0.4 is 0 Å². The minimum Gasteiger partial charge on any atom is -0.337 e. The second-order valence-corrected chi connectivity index (χ2v) is 7.51. The van der Waals surface area contributed by atoms with Gasteiger partial charge >= 0.3 is 0 Å². The summed E-state index contributed by atoms with van der Waals surface area (Å²) in [7, 11) is 0. The lowest BCUT2D eigenvalue weighted by atomic mass is 9.68. The maximum atomic E-state index is 13.0. The molecule has 1 fully saturated rings. The van der Waals surface area contributed by atoms with Crippen LogP contribution in [0.15, 0.2) is 30.3 Å². The van der Waals surface area contributed by atoms with E-state index in [1.54, 1.807) is 0 Å². The van der Waals surface area contributed by atoms with Crippen LogP contribution in [0, 0.1) is 11.3 Å². The molecule has 0 saturated heterocycles. The lowest BCUT2D eigenvalue weighted by Gasteiger charge is -2.40. The Morgan fingerprint density at radius 1 is 1.29 bits per heavy atom. The highest BCUT2D eigenvalue weighted by Crippen LogP contribution is 2.41. The first-order valence-corrected chi connectivity index (χ1v) is 9.05. The Hall–Kier alpha value is -0.830. The zero-order chi connectivity index (χ0) is 15.3. The van der Waals surface area contributed by atoms with E-state index in [-0.39, 0.29) is 11.3 Å². The Morgan fingerprint density at radius 2 is 2.00 bits per heavy atom. The molecule has 1 aromatic carbocycles. The van der Waals surface area contributed by atoms with Crippen molar-refractivity contribution < 1.29 is 4.79 Å². The van der Waals surface area contributed by atoms with E-state index in [1.807, 2.05) is 23.1 Å². The van der Waals surface area contributed by atoms with Crippen molar-refractivity contribution in [1.29, 1.82) is 0 Å². The third kappa shape index (κ3) is 4.32. The number of nitrogens with zero attached hydrogens (tertiary/aromatic N) is 1. The van der Waals surface area contributed by atoms with Crippen LogP contribution in [0.25, 0.3) is 0 Å². The van der Waals surface area contributed by atoms with Gasteiger partial charge < -0.3 is 4.90 Å². The smallest absolute Gasteiger partial charge is 0.226 e. The molecule has 1 atom stereocenters. The van der Waals surface area contributed by atoms with Crippen LogP contribution in [0.4, 0.5) is 0 Å². The fraction of sp³-hybridized carbons (Fsp3) is 0.611. The zero-order valence-electron chi connectivity index (χ0n) is 13.1. The second kappa shape index (κ2) is 7.44. The Bertz CT molecular complexity index is 458. The van der Waals surface area contributed by atoms with Crippen LogP contribution >= 0.6 is 15.9 Å². The van der Waals surface area contributed by atoms with E-state index in [0.29, 0.717) is 5.91 Å². The molecule has 0 N–H and O–H groups in total. The molecule has 1 amide bonds. The fourth-order valence-electron chi connectivity index (χ4n) is 3.35. The highest BCUT2D eigenvalue weighted by molar-refractivity contribution is 9.09. The van der Waals surface area contributed by atoms with E-state index in [9.17, 15) is 4.79 Å². The van der Waals surface area contributed by atoms with Crippen LogP contribution in [0.5, 0.6) is 0 Å². The summed E-state index contributed by atoms with van der Waals surface area (Å²) >= 11 is 3.49. The Morgan fingerprint density at radius 3 is 2.62 bits per heavy atom. The summed E-state index contributed by atoms with van der Waals surface area (Å²) in [6.07, 6.45) is 4.65. The summed E-state index contributed by atoms with van der Waals surface area (Å²) in [5, 5.41) is 0.832. The summed E-state index contributed by atoms with van der Waals surface area (Å²) in [6.45, 7) is 6.01. The van der Waals surface area contributed by atoms with Crippen LogP contribution in [0.1, 0.15) is 45.1 Å². The summed E-state index contributed by atoms with van der Waals surface area (Å²) in [4.78, 5) is 15.0. The summed E-state index contributed by atoms with van der Waals surface area (Å²) in [5.41, 5.74) is 1.34. The van der Waals surface area contributed by atoms with E-state index < -0.39 is 0 Å². The van der Waals surface area contributed by atoms with Gasteiger partial charge in [0.05, 0.1) is 0 Å². The number of halogens is 1. The number of carbonyl (C=O) groups is 1. The topological polar surface area (TPSA) is 20.3 Å². The van der Waals surface area contributed by atoms with Gasteiger partial charge in [-0.2, -0.15) is 0 Å². The van der Waals surface area contributed by atoms with Gasteiger partial charge in [0.1, 0.15) is 0 Å². The van der Waals surface area contributed by atoms with Gasteiger partial charge in [-0.15, -0.1) is 0 Å². The van der Waals surface area contributed by atoms with Crippen molar-refractivity contribution in [3.8, 4) is 0 Å². The molecule has 0 radical (unpaired) electrons. The molecule has 3 heteroatoms. The molecule has 1 aliphatic carbocycles. The number of hydrogen-bond donors (Lipinski definition) is 0. The van der Waals surface area contributed by atoms with E-state index >= 15 is 0 Å². The summed E-state index contributed by atoms with van der Waals surface area (Å²) < 4.78 is 0. The molecule has 1 aromatic rings. The molecule has 21 heavy (non-hydrogen) atoms. The van der Waals surface area contributed by atoms with Gasteiger partial charge in [-0.1, -0.05) is 73.0 Å². The standard InChI is InChI=1S/C18H26BrNO/c1-18(2)11-7-6-10-16(18)17(21)20(13-12-19)14-15-8-4-3-5-9-15/h3-5,8-9,16H,6-7,10-14H2,1-2H3. The molecule has 0 spiro atoms. The second-order valence-electron chi connectivity index (χ2n) is 6.72. The van der Waals surface area contributed by atoms with Gasteiger partial charge in [0.25, 0.3) is 0 Å². The highest BCUT2D eigenvalue weighted by Gasteiger charge is 2.38. The van der Waals surface area contributed by atoms with E-state index in [4.69, 9.17) is 0 Å². The van der Waals surface area contributed by atoms with Crippen molar-refractivity contribution >= 4 is 21.8 Å². The highest BCUT2D eigenvalue weighted by atomic mass is 79.9. The zero-order valence-corrected chi connectivity index (χ0v) is 14.7. The molecule has 0 bridgehead atoms. The molecular weight excluding hydrogens is 326 g/mol. The number of amides is 1. The number of alkyl halides is 1. The first-order valence-electron chi connectivity index (χ1n) is 7.93. The third-order valence-corrected chi connectivity index (χ3v) is 5.04. The van der Waals surface area contributed by atoms with Gasteiger partial charge in [0.15, 0.2) is 0 Å². The minimum atomic E-state index is 0.136. The third-order valence-electron chi connectivity index (χ3n) is 4.69. The van der Waals surface area contributed by atoms with Crippen molar-refractivity contribution in [3.63, 3.8) is 0 Å². The van der Waals surface area contributed by atoms with E-state index in [1.165, 1.54) is 18.4 Å². The number of hydrogen-bond acceptors (Lipinski definition) is 1. The van der Waals surface area contributed by atoms with Gasteiger partial charge in [0, 0.05) is 24.3 Å². The lowest BCUT2D eigenvalue weighted by Crippen LogP contribution is -2.44. The van der Waals surface area contributed by atoms with Crippen molar-refractivity contribution in [2.24, 2.45) is 11.3 Å². The van der Waals surface area contributed by atoms with Crippen molar-refractivity contribution in [1.82, 2.24) is 4.90 Å². The average Bonchev–Trinajstić information content (AvgIpc) is 2.47. The normalized spacial score (nSPS) is 21.0. The van der Waals surface area contributed by atoms with Crippen LogP contribution in [-0.4, -0.2) is 22.7 Å². The molecule has 1 saturated carbocycles. The molecule has 2 rings (SSSR count). The number of carbonyl (C=O) groups excluding carboxylic acids is 1. The molecule has 0 aromatic heterocycles. The van der Waals surface area contributed by atoms with Crippen LogP contribution in [-0.2, 0) is 11.3 Å². The first kappa shape index (κ1) is 16.5. The molecule has 1 aliphatic rings. The van der Waals surface area contributed by atoms with E-state index in [2.05, 4.69) is 41.9 Å². The van der Waals surface area contributed by atoms with Crippen LogP contribution in [0.3, 0.4) is 0 Å². The molecule has 1 unspecified atom stereocenters. The van der Waals surface area contributed by atoms with E-state index in [0.717, 1.165) is 31.3 Å². The van der Waals surface area contributed by atoms with Gasteiger partial charge in [0.2, 0.25) is 5.91 Å². The predicted octanol–water partition coefficient (Wildman–Crippen LogP) is 4.63. The Kier molecular flexibility index (Phi) is 5.86. The fourth-order valence-corrected chi connectivity index (χ4v) is 3.77. The van der Waals surface area contributed by atoms with Crippen molar-refractivity contribution in [2.75, 3.05) is 11.9 Å². The van der Waals surface area contributed by atoms with Crippen molar-refractivity contribution in [3.05, 3.63) is 35.9 Å². The molecule has 2 nitrogen and oxygen atoms in total. The summed E-state index contributed by atoms with van der Waals surface area (Å²) in [6, 6.07) is 10.3. The Labute approximate surface area is 137 Å². The SMILES string of the molecule is CC1(C)CCCCC1C(=O)N(CCBr)Cc1ccccc1. The maximum Gasteiger partial charge on any atom is 0.226 e. The average molecular weight is 352 g/mol. The van der Waals surface area contributed by atoms with Gasteiger partial charge in [-0.3, -0.25) is 4.79 Å².